The summed E-state index contributed by atoms with van der Waals surface area (Å²) in [6.07, 6.45) is 3.99. The predicted molar refractivity (Wildman–Crippen MR) is 77.0 cm³/mol. The van der Waals surface area contributed by atoms with Crippen molar-refractivity contribution in [1.29, 1.82) is 0 Å². The lowest BCUT2D eigenvalue weighted by Gasteiger charge is -2.10. The zero-order chi connectivity index (χ0) is 13.8. The molecular formula is C16H21NO2. The Morgan fingerprint density at radius 1 is 1.37 bits per heavy atom. The number of aliphatic imine (C=N–C) groups is 1. The van der Waals surface area contributed by atoms with Gasteiger partial charge in [0.2, 0.25) is 0 Å². The number of fused-ring (bicyclic) bond motifs is 1. The Labute approximate surface area is 114 Å². The topological polar surface area (TPSA) is 38.7 Å². The van der Waals surface area contributed by atoms with Gasteiger partial charge in [0.15, 0.2) is 0 Å². The van der Waals surface area contributed by atoms with Crippen LogP contribution in [0.5, 0.6) is 0 Å². The van der Waals surface area contributed by atoms with E-state index >= 15 is 0 Å². The van der Waals surface area contributed by atoms with Crippen LogP contribution in [0.1, 0.15) is 37.8 Å². The van der Waals surface area contributed by atoms with Crippen LogP contribution in [0.15, 0.2) is 23.2 Å². The highest BCUT2D eigenvalue weighted by molar-refractivity contribution is 5.89. The molecule has 0 bridgehead atoms. The third-order valence-electron chi connectivity index (χ3n) is 3.80. The summed E-state index contributed by atoms with van der Waals surface area (Å²) in [5.74, 6) is -0.0725. The second-order valence-corrected chi connectivity index (χ2v) is 5.24. The lowest BCUT2D eigenvalue weighted by molar-refractivity contribution is -0.141. The zero-order valence-electron chi connectivity index (χ0n) is 11.9. The number of esters is 1. The van der Waals surface area contributed by atoms with Gasteiger partial charge in [0, 0.05) is 11.6 Å². The molecule has 1 aromatic rings. The monoisotopic (exact) mass is 259 g/mol. The average molecular weight is 259 g/mol. The van der Waals surface area contributed by atoms with Crippen molar-refractivity contribution >= 4 is 17.4 Å². The second kappa shape index (κ2) is 6.00. The van der Waals surface area contributed by atoms with Gasteiger partial charge < -0.3 is 4.74 Å². The van der Waals surface area contributed by atoms with E-state index in [1.807, 2.05) is 13.8 Å². The normalized spacial score (nSPS) is 16.1. The molecular weight excluding hydrogens is 238 g/mol. The maximum Gasteiger partial charge on any atom is 0.306 e. The maximum atomic E-state index is 11.3. The molecule has 3 nitrogen and oxygen atoms in total. The summed E-state index contributed by atoms with van der Waals surface area (Å²) in [6, 6.07) is 6.43. The molecule has 0 aliphatic heterocycles. The number of carbonyl (C=O) groups is 1. The Kier molecular flexibility index (Phi) is 4.35. The number of methoxy groups -OCH3 is 1. The number of hydrogen-bond donors (Lipinski definition) is 0. The second-order valence-electron chi connectivity index (χ2n) is 5.24. The number of aryl methyl sites for hydroxylation is 2. The minimum absolute atomic E-state index is 0.112. The van der Waals surface area contributed by atoms with Crippen molar-refractivity contribution in [2.24, 2.45) is 10.9 Å². The minimum atomic E-state index is -0.184. The largest absolute Gasteiger partial charge is 0.469 e. The molecule has 0 saturated carbocycles. The van der Waals surface area contributed by atoms with Gasteiger partial charge in [-0.3, -0.25) is 9.79 Å². The molecule has 1 unspecified atom stereocenters. The van der Waals surface area contributed by atoms with Crippen molar-refractivity contribution in [2.45, 2.75) is 39.5 Å². The van der Waals surface area contributed by atoms with E-state index in [1.54, 1.807) is 0 Å². The Hall–Kier alpha value is -1.64. The summed E-state index contributed by atoms with van der Waals surface area (Å²) >= 11 is 0. The smallest absolute Gasteiger partial charge is 0.306 e. The highest BCUT2D eigenvalue weighted by atomic mass is 16.5. The molecule has 1 aliphatic rings. The van der Waals surface area contributed by atoms with E-state index in [0.717, 1.165) is 17.8 Å². The van der Waals surface area contributed by atoms with Gasteiger partial charge >= 0.3 is 5.97 Å². The standard InChI is InChI=1S/C16H21NO2/c1-11(9-16(18)19-3)12(2)17-15-8-7-13-5-4-6-14(13)10-15/h7-8,10-11H,4-6,9H2,1-3H3. The van der Waals surface area contributed by atoms with E-state index in [-0.39, 0.29) is 11.9 Å². The number of hydrogen-bond acceptors (Lipinski definition) is 3. The number of rotatable bonds is 4. The lowest BCUT2D eigenvalue weighted by Crippen LogP contribution is -2.13. The molecule has 0 spiro atoms. The number of ether oxygens (including phenoxy) is 1. The molecule has 0 N–H and O–H groups in total. The molecule has 0 fully saturated rings. The van der Waals surface area contributed by atoms with Gasteiger partial charge in [-0.05, 0) is 49.4 Å². The molecule has 1 atom stereocenters. The van der Waals surface area contributed by atoms with Gasteiger partial charge in [0.05, 0.1) is 19.2 Å². The fourth-order valence-electron chi connectivity index (χ4n) is 2.42. The predicted octanol–water partition coefficient (Wildman–Crippen LogP) is 3.47. The molecule has 1 aliphatic carbocycles. The maximum absolute atomic E-state index is 11.3. The van der Waals surface area contributed by atoms with Crippen LogP contribution in [0.4, 0.5) is 5.69 Å². The van der Waals surface area contributed by atoms with Crippen LogP contribution >= 0.6 is 0 Å². The van der Waals surface area contributed by atoms with Gasteiger partial charge in [0.25, 0.3) is 0 Å². The molecule has 19 heavy (non-hydrogen) atoms. The summed E-state index contributed by atoms with van der Waals surface area (Å²) in [5.41, 5.74) is 4.85. The fourth-order valence-corrected chi connectivity index (χ4v) is 2.42. The van der Waals surface area contributed by atoms with Crippen molar-refractivity contribution in [3.05, 3.63) is 29.3 Å². The third kappa shape index (κ3) is 3.43. The molecule has 0 heterocycles. The van der Waals surface area contributed by atoms with Gasteiger partial charge in [0.1, 0.15) is 0 Å². The molecule has 0 saturated heterocycles. The first-order valence-electron chi connectivity index (χ1n) is 6.84. The SMILES string of the molecule is COC(=O)CC(C)C(C)=Nc1ccc2c(c1)CCC2. The first-order valence-corrected chi connectivity index (χ1v) is 6.84. The van der Waals surface area contributed by atoms with E-state index in [0.29, 0.717) is 6.42 Å². The quantitative estimate of drug-likeness (QED) is 0.613. The zero-order valence-corrected chi connectivity index (χ0v) is 11.9. The van der Waals surface area contributed by atoms with Crippen LogP contribution in [0.25, 0.3) is 0 Å². The number of nitrogens with zero attached hydrogens (tertiary/aromatic N) is 1. The van der Waals surface area contributed by atoms with Gasteiger partial charge in [-0.2, -0.15) is 0 Å². The molecule has 1 aromatic carbocycles. The summed E-state index contributed by atoms with van der Waals surface area (Å²) < 4.78 is 4.69. The van der Waals surface area contributed by atoms with Gasteiger partial charge in [-0.25, -0.2) is 0 Å². The van der Waals surface area contributed by atoms with Crippen LogP contribution < -0.4 is 0 Å². The third-order valence-corrected chi connectivity index (χ3v) is 3.80. The number of carbonyl (C=O) groups excluding carboxylic acids is 1. The Balaban J connectivity index is 2.09. The van der Waals surface area contributed by atoms with Crippen molar-refractivity contribution < 1.29 is 9.53 Å². The van der Waals surface area contributed by atoms with Crippen LogP contribution in [0, 0.1) is 5.92 Å². The van der Waals surface area contributed by atoms with E-state index in [4.69, 9.17) is 0 Å². The van der Waals surface area contributed by atoms with Crippen LogP contribution in [-0.2, 0) is 22.4 Å². The van der Waals surface area contributed by atoms with Crippen LogP contribution in [-0.4, -0.2) is 18.8 Å². The van der Waals surface area contributed by atoms with Gasteiger partial charge in [-0.1, -0.05) is 13.0 Å². The van der Waals surface area contributed by atoms with E-state index in [1.165, 1.54) is 31.1 Å². The Morgan fingerprint density at radius 2 is 2.11 bits per heavy atom. The summed E-state index contributed by atoms with van der Waals surface area (Å²) in [7, 11) is 1.42. The Bertz CT molecular complexity index is 505. The molecule has 3 heteroatoms. The van der Waals surface area contributed by atoms with Crippen molar-refractivity contribution in [3.63, 3.8) is 0 Å². The molecule has 0 radical (unpaired) electrons. The van der Waals surface area contributed by atoms with E-state index in [9.17, 15) is 4.79 Å². The van der Waals surface area contributed by atoms with Crippen LogP contribution in [0.2, 0.25) is 0 Å². The summed E-state index contributed by atoms with van der Waals surface area (Å²) in [4.78, 5) is 15.9. The summed E-state index contributed by atoms with van der Waals surface area (Å²) in [5, 5.41) is 0. The first kappa shape index (κ1) is 13.8. The molecule has 0 amide bonds. The summed E-state index contributed by atoms with van der Waals surface area (Å²) in [6.45, 7) is 3.98. The van der Waals surface area contributed by atoms with Crippen molar-refractivity contribution in [2.75, 3.05) is 7.11 Å². The highest BCUT2D eigenvalue weighted by Crippen LogP contribution is 2.26. The van der Waals surface area contributed by atoms with Crippen molar-refractivity contribution in [3.8, 4) is 0 Å². The van der Waals surface area contributed by atoms with Crippen molar-refractivity contribution in [1.82, 2.24) is 0 Å². The molecule has 0 aromatic heterocycles. The molecule has 102 valence electrons. The van der Waals surface area contributed by atoms with E-state index in [2.05, 4.69) is 27.9 Å². The van der Waals surface area contributed by atoms with Gasteiger partial charge in [-0.15, -0.1) is 0 Å². The van der Waals surface area contributed by atoms with Crippen LogP contribution in [0.3, 0.4) is 0 Å². The minimum Gasteiger partial charge on any atom is -0.469 e. The number of benzene rings is 1. The first-order chi connectivity index (χ1) is 9.10. The lowest BCUT2D eigenvalue weighted by atomic mass is 10.0. The molecule has 2 rings (SSSR count). The Morgan fingerprint density at radius 3 is 2.84 bits per heavy atom. The highest BCUT2D eigenvalue weighted by Gasteiger charge is 2.13. The fraction of sp³-hybridized carbons (Fsp3) is 0.500. The van der Waals surface area contributed by atoms with E-state index < -0.39 is 0 Å². The average Bonchev–Trinajstić information content (AvgIpc) is 2.85.